The van der Waals surface area contributed by atoms with Gasteiger partial charge < -0.3 is 10.5 Å². The lowest BCUT2D eigenvalue weighted by Crippen LogP contribution is -2.57. The van der Waals surface area contributed by atoms with Crippen LogP contribution in [-0.4, -0.2) is 43.3 Å². The Morgan fingerprint density at radius 3 is 2.36 bits per heavy atom. The Bertz CT molecular complexity index is 155. The maximum Gasteiger partial charge on any atom is 0.0484 e. The van der Waals surface area contributed by atoms with Gasteiger partial charge in [0.2, 0.25) is 0 Å². The molecular weight excluding hydrogens is 176 g/mol. The summed E-state index contributed by atoms with van der Waals surface area (Å²) in [6, 6.07) is 0. The Hall–Kier alpha value is -0.120. The fraction of sp³-hybridized carbons (Fsp3) is 1.00. The largest absolute Gasteiger partial charge is 0.381 e. The van der Waals surface area contributed by atoms with Crippen LogP contribution >= 0.6 is 0 Å². The number of nitrogens with two attached hydrogens (primary N) is 1. The molecule has 0 amide bonds. The Morgan fingerprint density at radius 2 is 1.93 bits per heavy atom. The van der Waals surface area contributed by atoms with Gasteiger partial charge in [0.05, 0.1) is 0 Å². The van der Waals surface area contributed by atoms with Crippen molar-refractivity contribution in [2.45, 2.75) is 38.6 Å². The highest BCUT2D eigenvalue weighted by atomic mass is 16.5. The van der Waals surface area contributed by atoms with Crippen LogP contribution in [0.3, 0.4) is 0 Å². The smallest absolute Gasteiger partial charge is 0.0484 e. The lowest BCUT2D eigenvalue weighted by atomic mass is 9.88. The van der Waals surface area contributed by atoms with E-state index in [0.29, 0.717) is 0 Å². The van der Waals surface area contributed by atoms with E-state index in [1.165, 1.54) is 6.42 Å². The average molecular weight is 200 g/mol. The van der Waals surface area contributed by atoms with Gasteiger partial charge in [0.15, 0.2) is 0 Å². The predicted molar refractivity (Wildman–Crippen MR) is 59.4 cm³/mol. The van der Waals surface area contributed by atoms with Crippen LogP contribution in [0.15, 0.2) is 0 Å². The monoisotopic (exact) mass is 200 g/mol. The van der Waals surface area contributed by atoms with Crippen molar-refractivity contribution in [1.29, 1.82) is 0 Å². The van der Waals surface area contributed by atoms with E-state index in [4.69, 9.17) is 10.5 Å². The summed E-state index contributed by atoms with van der Waals surface area (Å²) >= 11 is 0. The summed E-state index contributed by atoms with van der Waals surface area (Å²) in [7, 11) is 0. The molecule has 2 N–H and O–H groups in total. The molecule has 0 aromatic heterocycles. The Morgan fingerprint density at radius 1 is 1.29 bits per heavy atom. The molecule has 0 atom stereocenters. The molecule has 3 heteroatoms. The van der Waals surface area contributed by atoms with Gasteiger partial charge in [0, 0.05) is 25.3 Å². The molecule has 1 aliphatic rings. The molecule has 0 saturated carbocycles. The number of nitrogens with zero attached hydrogens (tertiary/aromatic N) is 1. The summed E-state index contributed by atoms with van der Waals surface area (Å²) in [6.45, 7) is 9.23. The Kier molecular flexibility index (Phi) is 4.85. The minimum atomic E-state index is 0.225. The Balaban J connectivity index is 2.63. The molecule has 0 spiro atoms. The topological polar surface area (TPSA) is 38.5 Å². The van der Waals surface area contributed by atoms with Gasteiger partial charge in [0.25, 0.3) is 0 Å². The minimum absolute atomic E-state index is 0.225. The number of hydrogen-bond acceptors (Lipinski definition) is 3. The molecule has 0 unspecified atom stereocenters. The zero-order chi connectivity index (χ0) is 10.4. The zero-order valence-electron chi connectivity index (χ0n) is 9.59. The lowest BCUT2D eigenvalue weighted by molar-refractivity contribution is -0.0221. The van der Waals surface area contributed by atoms with Gasteiger partial charge in [-0.3, -0.25) is 4.90 Å². The molecule has 1 aliphatic heterocycles. The van der Waals surface area contributed by atoms with E-state index in [2.05, 4.69) is 18.7 Å². The zero-order valence-corrected chi connectivity index (χ0v) is 9.59. The molecule has 0 aliphatic carbocycles. The van der Waals surface area contributed by atoms with Crippen molar-refractivity contribution in [3.63, 3.8) is 0 Å². The van der Waals surface area contributed by atoms with E-state index in [-0.39, 0.29) is 5.54 Å². The van der Waals surface area contributed by atoms with Crippen molar-refractivity contribution in [2.75, 3.05) is 32.8 Å². The molecule has 3 nitrogen and oxygen atoms in total. The molecule has 0 bridgehead atoms. The second kappa shape index (κ2) is 5.69. The predicted octanol–water partition coefficient (Wildman–Crippen LogP) is 1.23. The summed E-state index contributed by atoms with van der Waals surface area (Å²) in [4.78, 5) is 2.54. The Labute approximate surface area is 87.6 Å². The van der Waals surface area contributed by atoms with Gasteiger partial charge in [-0.25, -0.2) is 0 Å². The molecule has 1 fully saturated rings. The molecule has 0 aromatic carbocycles. The SMILES string of the molecule is CCCN(CC)C1(CN)CCOCC1. The lowest BCUT2D eigenvalue weighted by Gasteiger charge is -2.45. The first kappa shape index (κ1) is 12.0. The van der Waals surface area contributed by atoms with Crippen molar-refractivity contribution >= 4 is 0 Å². The van der Waals surface area contributed by atoms with Gasteiger partial charge in [-0.1, -0.05) is 13.8 Å². The maximum atomic E-state index is 5.95. The van der Waals surface area contributed by atoms with Crippen LogP contribution in [-0.2, 0) is 4.74 Å². The van der Waals surface area contributed by atoms with Crippen LogP contribution in [0.4, 0.5) is 0 Å². The summed E-state index contributed by atoms with van der Waals surface area (Å²) in [5.74, 6) is 0. The van der Waals surface area contributed by atoms with Gasteiger partial charge in [-0.2, -0.15) is 0 Å². The fourth-order valence-corrected chi connectivity index (χ4v) is 2.40. The van der Waals surface area contributed by atoms with Gasteiger partial charge >= 0.3 is 0 Å². The average Bonchev–Trinajstić information content (AvgIpc) is 2.27. The highest BCUT2D eigenvalue weighted by molar-refractivity contribution is 4.93. The molecule has 14 heavy (non-hydrogen) atoms. The fourth-order valence-electron chi connectivity index (χ4n) is 2.40. The molecular formula is C11H24N2O. The minimum Gasteiger partial charge on any atom is -0.381 e. The van der Waals surface area contributed by atoms with Crippen LogP contribution < -0.4 is 5.73 Å². The molecule has 0 radical (unpaired) electrons. The normalized spacial score (nSPS) is 21.4. The van der Waals surface area contributed by atoms with E-state index >= 15 is 0 Å². The molecule has 84 valence electrons. The van der Waals surface area contributed by atoms with Crippen LogP contribution in [0.2, 0.25) is 0 Å². The quantitative estimate of drug-likeness (QED) is 0.725. The van der Waals surface area contributed by atoms with Crippen molar-refractivity contribution in [3.05, 3.63) is 0 Å². The molecule has 1 saturated heterocycles. The van der Waals surface area contributed by atoms with E-state index in [9.17, 15) is 0 Å². The van der Waals surface area contributed by atoms with E-state index in [0.717, 1.165) is 45.7 Å². The van der Waals surface area contributed by atoms with Crippen molar-refractivity contribution in [3.8, 4) is 0 Å². The first-order valence-electron chi connectivity index (χ1n) is 5.82. The first-order chi connectivity index (χ1) is 6.79. The van der Waals surface area contributed by atoms with E-state index in [1.54, 1.807) is 0 Å². The van der Waals surface area contributed by atoms with Gasteiger partial charge in [-0.05, 0) is 32.4 Å². The second-order valence-corrected chi connectivity index (χ2v) is 4.12. The summed E-state index contributed by atoms with van der Waals surface area (Å²) in [5.41, 5.74) is 6.17. The third kappa shape index (κ3) is 2.47. The summed E-state index contributed by atoms with van der Waals surface area (Å²) < 4.78 is 5.42. The van der Waals surface area contributed by atoms with Gasteiger partial charge in [0.1, 0.15) is 0 Å². The van der Waals surface area contributed by atoms with E-state index < -0.39 is 0 Å². The summed E-state index contributed by atoms with van der Waals surface area (Å²) in [6.07, 6.45) is 3.39. The molecule has 0 aromatic rings. The van der Waals surface area contributed by atoms with Gasteiger partial charge in [-0.15, -0.1) is 0 Å². The number of ether oxygens (including phenoxy) is 1. The first-order valence-corrected chi connectivity index (χ1v) is 5.82. The third-order valence-corrected chi connectivity index (χ3v) is 3.35. The van der Waals surface area contributed by atoms with Crippen LogP contribution in [0.1, 0.15) is 33.1 Å². The van der Waals surface area contributed by atoms with Crippen LogP contribution in [0.25, 0.3) is 0 Å². The summed E-state index contributed by atoms with van der Waals surface area (Å²) in [5, 5.41) is 0. The number of likely N-dealkylation sites (N-methyl/N-ethyl adjacent to an activating group) is 1. The van der Waals surface area contributed by atoms with Crippen LogP contribution in [0, 0.1) is 0 Å². The van der Waals surface area contributed by atoms with E-state index in [1.807, 2.05) is 0 Å². The third-order valence-electron chi connectivity index (χ3n) is 3.35. The van der Waals surface area contributed by atoms with Crippen LogP contribution in [0.5, 0.6) is 0 Å². The van der Waals surface area contributed by atoms with Crippen molar-refractivity contribution in [2.24, 2.45) is 5.73 Å². The highest BCUT2D eigenvalue weighted by Crippen LogP contribution is 2.26. The highest BCUT2D eigenvalue weighted by Gasteiger charge is 2.35. The standard InChI is InChI=1S/C11H24N2O/c1-3-7-13(4-2)11(10-12)5-8-14-9-6-11/h3-10,12H2,1-2H3. The van der Waals surface area contributed by atoms with Crippen molar-refractivity contribution < 1.29 is 4.74 Å². The molecule has 1 heterocycles. The number of rotatable bonds is 5. The van der Waals surface area contributed by atoms with Crippen molar-refractivity contribution in [1.82, 2.24) is 4.90 Å². The molecule has 1 rings (SSSR count). The number of hydrogen-bond donors (Lipinski definition) is 1. The second-order valence-electron chi connectivity index (χ2n) is 4.12. The maximum absolute atomic E-state index is 5.95.